The van der Waals surface area contributed by atoms with Crippen molar-refractivity contribution in [3.63, 3.8) is 0 Å². The van der Waals surface area contributed by atoms with Gasteiger partial charge in [-0.05, 0) is 40.0 Å². The maximum Gasteiger partial charge on any atom is 0.243 e. The lowest BCUT2D eigenvalue weighted by atomic mass is 10.2. The van der Waals surface area contributed by atoms with Crippen molar-refractivity contribution in [2.45, 2.75) is 25.2 Å². The molecule has 0 unspecified atom stereocenters. The van der Waals surface area contributed by atoms with Gasteiger partial charge in [-0.2, -0.15) is 9.57 Å². The van der Waals surface area contributed by atoms with Crippen LogP contribution in [0.3, 0.4) is 0 Å². The van der Waals surface area contributed by atoms with Crippen LogP contribution in [0.25, 0.3) is 0 Å². The van der Waals surface area contributed by atoms with Gasteiger partial charge >= 0.3 is 0 Å². The quantitative estimate of drug-likeness (QED) is 0.790. The average Bonchev–Trinajstić information content (AvgIpc) is 2.37. The van der Waals surface area contributed by atoms with Gasteiger partial charge in [-0.15, -0.1) is 0 Å². The fourth-order valence-corrected chi connectivity index (χ4v) is 3.61. The predicted molar refractivity (Wildman–Crippen MR) is 82.4 cm³/mol. The van der Waals surface area contributed by atoms with Gasteiger partial charge in [0.25, 0.3) is 0 Å². The smallest absolute Gasteiger partial charge is 0.243 e. The molecular formula is C13H18BrN3O2S. The van der Waals surface area contributed by atoms with Crippen molar-refractivity contribution in [3.8, 4) is 6.07 Å². The molecule has 0 radical (unpaired) electrons. The molecule has 0 aliphatic rings. The predicted octanol–water partition coefficient (Wildman–Crippen LogP) is 2.59. The summed E-state index contributed by atoms with van der Waals surface area (Å²) in [6, 6.07) is 6.53. The number of benzene rings is 1. The van der Waals surface area contributed by atoms with Crippen LogP contribution in [0.1, 0.15) is 20.3 Å². The van der Waals surface area contributed by atoms with Crippen LogP contribution in [0.15, 0.2) is 27.6 Å². The highest BCUT2D eigenvalue weighted by molar-refractivity contribution is 9.10. The monoisotopic (exact) mass is 359 g/mol. The Morgan fingerprint density at radius 3 is 2.60 bits per heavy atom. The van der Waals surface area contributed by atoms with Crippen LogP contribution in [0.2, 0.25) is 0 Å². The highest BCUT2D eigenvalue weighted by Gasteiger charge is 2.25. The third kappa shape index (κ3) is 4.20. The second-order valence-corrected chi connectivity index (χ2v) is 7.64. The van der Waals surface area contributed by atoms with Gasteiger partial charge in [0.15, 0.2) is 0 Å². The van der Waals surface area contributed by atoms with E-state index in [0.717, 1.165) is 0 Å². The lowest BCUT2D eigenvalue weighted by Gasteiger charge is -2.23. The maximum atomic E-state index is 12.6. The topological polar surface area (TPSA) is 87.2 Å². The van der Waals surface area contributed by atoms with E-state index in [1.807, 2.05) is 19.9 Å². The van der Waals surface area contributed by atoms with E-state index < -0.39 is 10.0 Å². The van der Waals surface area contributed by atoms with E-state index in [-0.39, 0.29) is 23.8 Å². The molecule has 0 atom stereocenters. The van der Waals surface area contributed by atoms with Crippen molar-refractivity contribution < 1.29 is 8.42 Å². The van der Waals surface area contributed by atoms with Crippen molar-refractivity contribution in [3.05, 3.63) is 22.7 Å². The minimum atomic E-state index is -3.63. The molecule has 0 amide bonds. The first-order chi connectivity index (χ1) is 9.28. The first kappa shape index (κ1) is 17.0. The number of nitrogens with zero attached hydrogens (tertiary/aromatic N) is 2. The summed E-state index contributed by atoms with van der Waals surface area (Å²) in [5, 5.41) is 8.67. The molecule has 0 aliphatic heterocycles. The number of halogens is 1. The molecule has 0 aromatic heterocycles. The van der Waals surface area contributed by atoms with E-state index in [0.29, 0.717) is 16.7 Å². The summed E-state index contributed by atoms with van der Waals surface area (Å²) in [5.41, 5.74) is 6.11. The van der Waals surface area contributed by atoms with Crippen molar-refractivity contribution >= 4 is 31.6 Å². The van der Waals surface area contributed by atoms with Crippen LogP contribution in [-0.4, -0.2) is 25.8 Å². The number of anilines is 1. The molecule has 2 N–H and O–H groups in total. The zero-order valence-corrected chi connectivity index (χ0v) is 13.9. The Morgan fingerprint density at radius 1 is 1.45 bits per heavy atom. The number of sulfonamides is 1. The van der Waals surface area contributed by atoms with Gasteiger partial charge in [-0.25, -0.2) is 8.42 Å². The lowest BCUT2D eigenvalue weighted by molar-refractivity contribution is 0.373. The number of nitrogens with two attached hydrogens (primary N) is 1. The van der Waals surface area contributed by atoms with E-state index in [4.69, 9.17) is 11.0 Å². The van der Waals surface area contributed by atoms with Gasteiger partial charge in [-0.1, -0.05) is 13.8 Å². The summed E-state index contributed by atoms with van der Waals surface area (Å²) in [5.74, 6) is 0.177. The second kappa shape index (κ2) is 7.07. The van der Waals surface area contributed by atoms with Crippen LogP contribution in [0.5, 0.6) is 0 Å². The van der Waals surface area contributed by atoms with E-state index in [2.05, 4.69) is 15.9 Å². The molecular weight excluding hydrogens is 342 g/mol. The molecule has 0 saturated carbocycles. The van der Waals surface area contributed by atoms with Gasteiger partial charge in [-0.3, -0.25) is 0 Å². The minimum Gasteiger partial charge on any atom is -0.398 e. The van der Waals surface area contributed by atoms with Crippen molar-refractivity contribution in [1.29, 1.82) is 5.26 Å². The molecule has 0 bridgehead atoms. The summed E-state index contributed by atoms with van der Waals surface area (Å²) in [6.07, 6.45) is 0.165. The molecule has 0 saturated heterocycles. The van der Waals surface area contributed by atoms with Crippen LogP contribution < -0.4 is 5.73 Å². The zero-order chi connectivity index (χ0) is 15.3. The van der Waals surface area contributed by atoms with Gasteiger partial charge in [0.1, 0.15) is 0 Å². The molecule has 0 heterocycles. The summed E-state index contributed by atoms with van der Waals surface area (Å²) >= 11 is 3.24. The Bertz CT molecular complexity index is 609. The highest BCUT2D eigenvalue weighted by atomic mass is 79.9. The fourth-order valence-electron chi connectivity index (χ4n) is 1.72. The van der Waals surface area contributed by atoms with E-state index >= 15 is 0 Å². The first-order valence-corrected chi connectivity index (χ1v) is 8.44. The molecule has 7 heteroatoms. The van der Waals surface area contributed by atoms with Crippen molar-refractivity contribution in [1.82, 2.24) is 4.31 Å². The largest absolute Gasteiger partial charge is 0.398 e. The van der Waals surface area contributed by atoms with Crippen LogP contribution in [0.4, 0.5) is 5.69 Å². The Kier molecular flexibility index (Phi) is 5.99. The molecule has 0 spiro atoms. The molecule has 5 nitrogen and oxygen atoms in total. The maximum absolute atomic E-state index is 12.6. The van der Waals surface area contributed by atoms with Gasteiger partial charge in [0.05, 0.1) is 11.0 Å². The second-order valence-electron chi connectivity index (χ2n) is 4.85. The lowest BCUT2D eigenvalue weighted by Crippen LogP contribution is -2.35. The third-order valence-electron chi connectivity index (χ3n) is 2.65. The molecule has 0 fully saturated rings. The first-order valence-electron chi connectivity index (χ1n) is 6.21. The average molecular weight is 360 g/mol. The third-order valence-corrected chi connectivity index (χ3v) is 5.23. The Labute approximate surface area is 128 Å². The normalized spacial score (nSPS) is 11.8. The Hall–Kier alpha value is -1.10. The van der Waals surface area contributed by atoms with Gasteiger partial charge < -0.3 is 5.73 Å². The van der Waals surface area contributed by atoms with E-state index in [9.17, 15) is 8.42 Å². The van der Waals surface area contributed by atoms with Gasteiger partial charge in [0, 0.05) is 29.7 Å². The zero-order valence-electron chi connectivity index (χ0n) is 11.5. The summed E-state index contributed by atoms with van der Waals surface area (Å²) in [4.78, 5) is 0.150. The summed E-state index contributed by atoms with van der Waals surface area (Å²) in [7, 11) is -3.63. The molecule has 20 heavy (non-hydrogen) atoms. The summed E-state index contributed by atoms with van der Waals surface area (Å²) < 4.78 is 27.2. The standard InChI is InChI=1S/C13H18BrN3O2S/c1-10(2)9-17(7-3-6-15)20(18,19)11-4-5-12(14)13(16)8-11/h4-5,8,10H,3,7,9,16H2,1-2H3. The fraction of sp³-hybridized carbons (Fsp3) is 0.462. The molecule has 1 aromatic carbocycles. The molecule has 1 rings (SSSR count). The highest BCUT2D eigenvalue weighted by Crippen LogP contribution is 2.25. The molecule has 0 aliphatic carbocycles. The number of hydrogen-bond donors (Lipinski definition) is 1. The summed E-state index contributed by atoms with van der Waals surface area (Å²) in [6.45, 7) is 4.43. The van der Waals surface area contributed by atoms with Crippen molar-refractivity contribution in [2.75, 3.05) is 18.8 Å². The van der Waals surface area contributed by atoms with E-state index in [1.54, 1.807) is 6.07 Å². The van der Waals surface area contributed by atoms with Crippen LogP contribution in [-0.2, 0) is 10.0 Å². The number of hydrogen-bond acceptors (Lipinski definition) is 4. The van der Waals surface area contributed by atoms with Crippen LogP contribution in [0, 0.1) is 17.2 Å². The Balaban J connectivity index is 3.14. The van der Waals surface area contributed by atoms with Gasteiger partial charge in [0.2, 0.25) is 10.0 Å². The molecule has 110 valence electrons. The Morgan fingerprint density at radius 2 is 2.10 bits per heavy atom. The van der Waals surface area contributed by atoms with Crippen LogP contribution >= 0.6 is 15.9 Å². The number of nitrogen functional groups attached to an aromatic ring is 1. The molecule has 1 aromatic rings. The number of nitriles is 1. The number of rotatable bonds is 6. The van der Waals surface area contributed by atoms with E-state index in [1.165, 1.54) is 16.4 Å². The van der Waals surface area contributed by atoms with Crippen molar-refractivity contribution in [2.24, 2.45) is 5.92 Å². The minimum absolute atomic E-state index is 0.150. The SMILES string of the molecule is CC(C)CN(CCC#N)S(=O)(=O)c1ccc(Br)c(N)c1.